The van der Waals surface area contributed by atoms with E-state index in [1.54, 1.807) is 24.1 Å². The van der Waals surface area contributed by atoms with Crippen LogP contribution in [0.5, 0.6) is 0 Å². The van der Waals surface area contributed by atoms with Crippen molar-refractivity contribution in [3.8, 4) is 6.07 Å². The summed E-state index contributed by atoms with van der Waals surface area (Å²) in [6, 6.07) is 6.60. The van der Waals surface area contributed by atoms with Crippen LogP contribution in [-0.4, -0.2) is 21.5 Å². The first-order valence-electron chi connectivity index (χ1n) is 5.30. The van der Waals surface area contributed by atoms with Gasteiger partial charge in [-0.3, -0.25) is 0 Å². The minimum Gasteiger partial charge on any atom is -0.396 e. The summed E-state index contributed by atoms with van der Waals surface area (Å²) in [4.78, 5) is 1.66. The lowest BCUT2D eigenvalue weighted by Crippen LogP contribution is -2.29. The Morgan fingerprint density at radius 1 is 1.50 bits per heavy atom. The molecule has 0 radical (unpaired) electrons. The zero-order valence-corrected chi connectivity index (χ0v) is 11.1. The van der Waals surface area contributed by atoms with Gasteiger partial charge in [0.1, 0.15) is 4.90 Å². The van der Waals surface area contributed by atoms with E-state index < -0.39 is 10.0 Å². The number of benzene rings is 1. The second-order valence-electron chi connectivity index (χ2n) is 4.06. The number of primary sulfonamides is 1. The topological polar surface area (TPSA) is 113 Å². The third kappa shape index (κ3) is 2.91. The fourth-order valence-electron chi connectivity index (χ4n) is 1.59. The molecule has 98 valence electrons. The zero-order valence-electron chi connectivity index (χ0n) is 10.3. The van der Waals surface area contributed by atoms with Gasteiger partial charge in [0.25, 0.3) is 0 Å². The van der Waals surface area contributed by atoms with E-state index >= 15 is 0 Å². The van der Waals surface area contributed by atoms with Crippen LogP contribution in [0, 0.1) is 11.3 Å². The monoisotopic (exact) mass is 268 g/mol. The third-order valence-electron chi connectivity index (χ3n) is 2.78. The van der Waals surface area contributed by atoms with Gasteiger partial charge >= 0.3 is 0 Å². The van der Waals surface area contributed by atoms with Crippen molar-refractivity contribution in [2.24, 2.45) is 5.14 Å². The smallest absolute Gasteiger partial charge is 0.240 e. The maximum Gasteiger partial charge on any atom is 0.240 e. The van der Waals surface area contributed by atoms with Crippen LogP contribution in [0.2, 0.25) is 0 Å². The molecular weight excluding hydrogens is 252 g/mol. The van der Waals surface area contributed by atoms with Gasteiger partial charge in [0, 0.05) is 13.1 Å². The number of nitrogen functional groups attached to an aromatic ring is 1. The fourth-order valence-corrected chi connectivity index (χ4v) is 2.27. The molecule has 0 saturated carbocycles. The molecule has 1 aromatic carbocycles. The summed E-state index contributed by atoms with van der Waals surface area (Å²) < 4.78 is 22.7. The largest absolute Gasteiger partial charge is 0.396 e. The van der Waals surface area contributed by atoms with E-state index in [0.29, 0.717) is 12.1 Å². The van der Waals surface area contributed by atoms with Gasteiger partial charge < -0.3 is 10.6 Å². The van der Waals surface area contributed by atoms with Crippen LogP contribution in [0.25, 0.3) is 0 Å². The molecule has 0 aliphatic rings. The average molecular weight is 268 g/mol. The Bertz CT molecular complexity index is 577. The maximum atomic E-state index is 11.4. The van der Waals surface area contributed by atoms with Crippen LogP contribution in [0.1, 0.15) is 13.3 Å². The first-order chi connectivity index (χ1) is 8.29. The normalized spacial score (nSPS) is 12.8. The summed E-state index contributed by atoms with van der Waals surface area (Å²) in [6.07, 6.45) is 0.315. The summed E-state index contributed by atoms with van der Waals surface area (Å²) in [5.41, 5.74) is 6.47. The van der Waals surface area contributed by atoms with Gasteiger partial charge in [0.15, 0.2) is 0 Å². The van der Waals surface area contributed by atoms with E-state index in [1.807, 2.05) is 6.92 Å². The quantitative estimate of drug-likeness (QED) is 0.778. The van der Waals surface area contributed by atoms with Crippen molar-refractivity contribution >= 4 is 21.4 Å². The van der Waals surface area contributed by atoms with Crippen LogP contribution in [-0.2, 0) is 10.0 Å². The molecule has 1 aromatic rings. The van der Waals surface area contributed by atoms with Crippen LogP contribution < -0.4 is 15.8 Å². The number of anilines is 2. The first-order valence-corrected chi connectivity index (χ1v) is 6.84. The molecule has 0 heterocycles. The summed E-state index contributed by atoms with van der Waals surface area (Å²) in [6.45, 7) is 1.85. The maximum absolute atomic E-state index is 11.4. The molecule has 0 aliphatic carbocycles. The van der Waals surface area contributed by atoms with E-state index in [1.165, 1.54) is 6.07 Å². The molecule has 1 rings (SSSR count). The van der Waals surface area contributed by atoms with E-state index in [-0.39, 0.29) is 16.6 Å². The molecular formula is C11H16N4O2S. The summed E-state index contributed by atoms with van der Waals surface area (Å²) in [5.74, 6) is 0. The van der Waals surface area contributed by atoms with E-state index in [9.17, 15) is 8.42 Å². The van der Waals surface area contributed by atoms with Crippen molar-refractivity contribution < 1.29 is 8.42 Å². The number of sulfonamides is 1. The van der Waals surface area contributed by atoms with E-state index in [4.69, 9.17) is 16.1 Å². The minimum absolute atomic E-state index is 0.0759. The molecule has 0 saturated heterocycles. The average Bonchev–Trinajstić information content (AvgIpc) is 2.27. The third-order valence-corrected chi connectivity index (χ3v) is 3.75. The van der Waals surface area contributed by atoms with Crippen molar-refractivity contribution in [1.82, 2.24) is 0 Å². The molecule has 0 aromatic heterocycles. The molecule has 0 fully saturated rings. The number of para-hydroxylation sites is 1. The lowest BCUT2D eigenvalue weighted by Gasteiger charge is -2.27. The highest BCUT2D eigenvalue weighted by atomic mass is 32.2. The van der Waals surface area contributed by atoms with E-state index in [2.05, 4.69) is 6.07 Å². The predicted molar refractivity (Wildman–Crippen MR) is 70.3 cm³/mol. The summed E-state index contributed by atoms with van der Waals surface area (Å²) in [5, 5.41) is 13.7. The highest BCUT2D eigenvalue weighted by Crippen LogP contribution is 2.29. The van der Waals surface area contributed by atoms with Crippen molar-refractivity contribution in [2.45, 2.75) is 24.3 Å². The SMILES string of the molecule is CC(CC#N)N(C)c1cccc(S(N)(=O)=O)c1N. The van der Waals surface area contributed by atoms with Gasteiger partial charge in [0.05, 0.1) is 23.9 Å². The van der Waals surface area contributed by atoms with Crippen LogP contribution >= 0.6 is 0 Å². The van der Waals surface area contributed by atoms with Gasteiger partial charge in [-0.1, -0.05) is 6.07 Å². The first kappa shape index (κ1) is 14.3. The predicted octanol–water partition coefficient (Wildman–Crippen LogP) is 0.655. The van der Waals surface area contributed by atoms with Gasteiger partial charge in [-0.2, -0.15) is 5.26 Å². The number of hydrogen-bond acceptors (Lipinski definition) is 5. The fraction of sp³-hybridized carbons (Fsp3) is 0.364. The number of nitrogens with two attached hydrogens (primary N) is 2. The minimum atomic E-state index is -3.84. The van der Waals surface area contributed by atoms with Crippen molar-refractivity contribution in [3.05, 3.63) is 18.2 Å². The lowest BCUT2D eigenvalue weighted by molar-refractivity contribution is 0.598. The zero-order chi connectivity index (χ0) is 13.9. The van der Waals surface area contributed by atoms with E-state index in [0.717, 1.165) is 0 Å². The van der Waals surface area contributed by atoms with Crippen molar-refractivity contribution in [2.75, 3.05) is 17.7 Å². The van der Waals surface area contributed by atoms with Gasteiger partial charge in [-0.15, -0.1) is 0 Å². The molecule has 7 heteroatoms. The van der Waals surface area contributed by atoms with Crippen LogP contribution in [0.4, 0.5) is 11.4 Å². The standard InChI is InChI=1S/C11H16N4O2S/c1-8(6-7-12)15(2)9-4-3-5-10(11(9)13)18(14,16)17/h3-5,8H,6,13H2,1-2H3,(H2,14,16,17). The van der Waals surface area contributed by atoms with Gasteiger partial charge in [-0.25, -0.2) is 13.6 Å². The van der Waals surface area contributed by atoms with Gasteiger partial charge in [0.2, 0.25) is 10.0 Å². The highest BCUT2D eigenvalue weighted by Gasteiger charge is 2.18. The molecule has 18 heavy (non-hydrogen) atoms. The molecule has 1 atom stereocenters. The Balaban J connectivity index is 3.24. The van der Waals surface area contributed by atoms with Crippen molar-refractivity contribution in [3.63, 3.8) is 0 Å². The molecule has 0 amide bonds. The summed E-state index contributed by atoms with van der Waals surface area (Å²) in [7, 11) is -2.09. The Morgan fingerprint density at radius 2 is 2.11 bits per heavy atom. The molecule has 6 nitrogen and oxygen atoms in total. The number of nitriles is 1. The molecule has 0 bridgehead atoms. The number of nitrogens with zero attached hydrogens (tertiary/aromatic N) is 2. The summed E-state index contributed by atoms with van der Waals surface area (Å²) >= 11 is 0. The Labute approximate surface area is 107 Å². The number of hydrogen-bond donors (Lipinski definition) is 2. The highest BCUT2D eigenvalue weighted by molar-refractivity contribution is 7.89. The second-order valence-corrected chi connectivity index (χ2v) is 5.59. The molecule has 1 unspecified atom stereocenters. The Morgan fingerprint density at radius 3 is 2.61 bits per heavy atom. The second kappa shape index (κ2) is 5.25. The van der Waals surface area contributed by atoms with Gasteiger partial charge in [-0.05, 0) is 19.1 Å². The van der Waals surface area contributed by atoms with Crippen LogP contribution in [0.3, 0.4) is 0 Å². The molecule has 4 N–H and O–H groups in total. The lowest BCUT2D eigenvalue weighted by atomic mass is 10.2. The molecule has 0 aliphatic heterocycles. The molecule has 0 spiro atoms. The number of rotatable bonds is 4. The Hall–Kier alpha value is -1.78. The van der Waals surface area contributed by atoms with Crippen LogP contribution in [0.15, 0.2) is 23.1 Å². The Kier molecular flexibility index (Phi) is 4.16. The van der Waals surface area contributed by atoms with Crippen molar-refractivity contribution in [1.29, 1.82) is 5.26 Å².